The van der Waals surface area contributed by atoms with Crippen LogP contribution in [0.3, 0.4) is 0 Å². The molecule has 1 amide bonds. The zero-order valence-corrected chi connectivity index (χ0v) is 11.0. The van der Waals surface area contributed by atoms with E-state index in [1.54, 1.807) is 25.2 Å². The predicted octanol–water partition coefficient (Wildman–Crippen LogP) is 1.21. The van der Waals surface area contributed by atoms with Gasteiger partial charge in [-0.1, -0.05) is 6.07 Å². The topological polar surface area (TPSA) is 75.8 Å². The summed E-state index contributed by atoms with van der Waals surface area (Å²) in [7, 11) is 3.13. The van der Waals surface area contributed by atoms with E-state index in [0.29, 0.717) is 18.7 Å². The molecule has 0 saturated carbocycles. The lowest BCUT2D eigenvalue weighted by Gasteiger charge is -2.19. The standard InChI is InChI=1S/C13H20N2O3/c1-9(14)7-8-15(2)13(17)10-5-4-6-11(18-3)12(10)16/h4-6,9,16H,7-8,14H2,1-3H3. The molecule has 1 unspecified atom stereocenters. The average Bonchev–Trinajstić information content (AvgIpc) is 2.35. The van der Waals surface area contributed by atoms with Crippen molar-refractivity contribution in [2.45, 2.75) is 19.4 Å². The van der Waals surface area contributed by atoms with Gasteiger partial charge >= 0.3 is 0 Å². The van der Waals surface area contributed by atoms with Gasteiger partial charge in [0, 0.05) is 19.6 Å². The molecule has 0 aliphatic carbocycles. The molecule has 1 aromatic carbocycles. The third-order valence-electron chi connectivity index (χ3n) is 2.72. The SMILES string of the molecule is COc1cccc(C(=O)N(C)CCC(C)N)c1O. The summed E-state index contributed by atoms with van der Waals surface area (Å²) in [5.41, 5.74) is 5.89. The molecule has 1 atom stereocenters. The molecular formula is C13H20N2O3. The highest BCUT2D eigenvalue weighted by Crippen LogP contribution is 2.29. The lowest BCUT2D eigenvalue weighted by Crippen LogP contribution is -2.31. The Kier molecular flexibility index (Phi) is 4.97. The highest BCUT2D eigenvalue weighted by molar-refractivity contribution is 5.97. The number of rotatable bonds is 5. The number of para-hydroxylation sites is 1. The monoisotopic (exact) mass is 252 g/mol. The van der Waals surface area contributed by atoms with E-state index in [1.807, 2.05) is 6.92 Å². The molecule has 0 spiro atoms. The third kappa shape index (κ3) is 3.37. The predicted molar refractivity (Wildman–Crippen MR) is 69.9 cm³/mol. The number of aromatic hydroxyl groups is 1. The van der Waals surface area contributed by atoms with Crippen LogP contribution in [0.25, 0.3) is 0 Å². The maximum Gasteiger partial charge on any atom is 0.257 e. The second kappa shape index (κ2) is 6.26. The van der Waals surface area contributed by atoms with Crippen molar-refractivity contribution in [1.82, 2.24) is 4.90 Å². The van der Waals surface area contributed by atoms with Gasteiger partial charge in [-0.15, -0.1) is 0 Å². The lowest BCUT2D eigenvalue weighted by atomic mass is 10.1. The first-order valence-electron chi connectivity index (χ1n) is 5.84. The van der Waals surface area contributed by atoms with E-state index in [2.05, 4.69) is 0 Å². The van der Waals surface area contributed by atoms with E-state index in [4.69, 9.17) is 10.5 Å². The number of methoxy groups -OCH3 is 1. The molecule has 3 N–H and O–H groups in total. The zero-order chi connectivity index (χ0) is 13.7. The molecule has 0 heterocycles. The first-order valence-corrected chi connectivity index (χ1v) is 5.84. The number of ether oxygens (including phenoxy) is 1. The molecular weight excluding hydrogens is 232 g/mol. The molecule has 100 valence electrons. The highest BCUT2D eigenvalue weighted by Gasteiger charge is 2.18. The van der Waals surface area contributed by atoms with Gasteiger partial charge in [0.15, 0.2) is 11.5 Å². The minimum atomic E-state index is -0.243. The quantitative estimate of drug-likeness (QED) is 0.826. The van der Waals surface area contributed by atoms with Crippen LogP contribution in [-0.2, 0) is 0 Å². The molecule has 18 heavy (non-hydrogen) atoms. The van der Waals surface area contributed by atoms with Gasteiger partial charge in [-0.05, 0) is 25.5 Å². The summed E-state index contributed by atoms with van der Waals surface area (Å²) < 4.78 is 4.97. The Hall–Kier alpha value is -1.75. The Balaban J connectivity index is 2.83. The fraction of sp³-hybridized carbons (Fsp3) is 0.462. The third-order valence-corrected chi connectivity index (χ3v) is 2.72. The lowest BCUT2D eigenvalue weighted by molar-refractivity contribution is 0.0788. The van der Waals surface area contributed by atoms with Gasteiger partial charge in [0.25, 0.3) is 5.91 Å². The van der Waals surface area contributed by atoms with Crippen LogP contribution in [0.15, 0.2) is 18.2 Å². The van der Waals surface area contributed by atoms with Crippen LogP contribution < -0.4 is 10.5 Å². The molecule has 5 nitrogen and oxygen atoms in total. The van der Waals surface area contributed by atoms with Crippen molar-refractivity contribution >= 4 is 5.91 Å². The highest BCUT2D eigenvalue weighted by atomic mass is 16.5. The van der Waals surface area contributed by atoms with Gasteiger partial charge in [-0.3, -0.25) is 4.79 Å². The number of nitrogens with zero attached hydrogens (tertiary/aromatic N) is 1. The maximum absolute atomic E-state index is 12.1. The van der Waals surface area contributed by atoms with Crippen molar-refractivity contribution in [3.8, 4) is 11.5 Å². The fourth-order valence-electron chi connectivity index (χ4n) is 1.56. The largest absolute Gasteiger partial charge is 0.504 e. The van der Waals surface area contributed by atoms with Crippen molar-refractivity contribution in [3.05, 3.63) is 23.8 Å². The molecule has 0 saturated heterocycles. The van der Waals surface area contributed by atoms with E-state index in [0.717, 1.165) is 0 Å². The summed E-state index contributed by atoms with van der Waals surface area (Å²) in [5, 5.41) is 9.89. The minimum Gasteiger partial charge on any atom is -0.504 e. The normalized spacial score (nSPS) is 12.0. The molecule has 0 fully saturated rings. The average molecular weight is 252 g/mol. The van der Waals surface area contributed by atoms with Crippen molar-refractivity contribution in [3.63, 3.8) is 0 Å². The van der Waals surface area contributed by atoms with E-state index in [-0.39, 0.29) is 23.3 Å². The molecule has 0 radical (unpaired) electrons. The van der Waals surface area contributed by atoms with E-state index >= 15 is 0 Å². The van der Waals surface area contributed by atoms with Crippen LogP contribution in [0.2, 0.25) is 0 Å². The number of phenolic OH excluding ortho intramolecular Hbond substituents is 1. The van der Waals surface area contributed by atoms with Gasteiger partial charge < -0.3 is 20.5 Å². The second-order valence-electron chi connectivity index (χ2n) is 4.35. The maximum atomic E-state index is 12.1. The van der Waals surface area contributed by atoms with Crippen LogP contribution in [0.4, 0.5) is 0 Å². The molecule has 5 heteroatoms. The Morgan fingerprint density at radius 3 is 2.78 bits per heavy atom. The molecule has 1 aromatic rings. The van der Waals surface area contributed by atoms with Gasteiger partial charge in [-0.25, -0.2) is 0 Å². The van der Waals surface area contributed by atoms with Crippen LogP contribution >= 0.6 is 0 Å². The van der Waals surface area contributed by atoms with Gasteiger partial charge in [-0.2, -0.15) is 0 Å². The summed E-state index contributed by atoms with van der Waals surface area (Å²) in [5.74, 6) is -0.0776. The number of hydrogen-bond acceptors (Lipinski definition) is 4. The molecule has 0 bridgehead atoms. The van der Waals surface area contributed by atoms with Crippen molar-refractivity contribution in [2.24, 2.45) is 5.73 Å². The van der Waals surface area contributed by atoms with Gasteiger partial charge in [0.05, 0.1) is 12.7 Å². The first-order chi connectivity index (χ1) is 8.47. The van der Waals surface area contributed by atoms with Crippen LogP contribution in [0, 0.1) is 0 Å². The molecule has 1 rings (SSSR count). The van der Waals surface area contributed by atoms with Gasteiger partial charge in [0.1, 0.15) is 0 Å². The second-order valence-corrected chi connectivity index (χ2v) is 4.35. The number of amides is 1. The zero-order valence-electron chi connectivity index (χ0n) is 11.0. The molecule has 0 aromatic heterocycles. The number of phenols is 1. The summed E-state index contributed by atoms with van der Waals surface area (Å²) in [6, 6.07) is 4.89. The van der Waals surface area contributed by atoms with Crippen LogP contribution in [0.5, 0.6) is 11.5 Å². The summed E-state index contributed by atoms with van der Waals surface area (Å²) in [4.78, 5) is 13.7. The Morgan fingerprint density at radius 2 is 2.22 bits per heavy atom. The van der Waals surface area contributed by atoms with E-state index < -0.39 is 0 Å². The smallest absolute Gasteiger partial charge is 0.257 e. The van der Waals surface area contributed by atoms with Crippen molar-refractivity contribution < 1.29 is 14.6 Å². The number of benzene rings is 1. The van der Waals surface area contributed by atoms with E-state index in [9.17, 15) is 9.90 Å². The van der Waals surface area contributed by atoms with Crippen LogP contribution in [0.1, 0.15) is 23.7 Å². The Labute approximate surface area is 107 Å². The van der Waals surface area contributed by atoms with E-state index in [1.165, 1.54) is 12.0 Å². The van der Waals surface area contributed by atoms with Crippen molar-refractivity contribution in [2.75, 3.05) is 20.7 Å². The number of hydrogen-bond donors (Lipinski definition) is 2. The van der Waals surface area contributed by atoms with Gasteiger partial charge in [0.2, 0.25) is 0 Å². The molecule has 0 aliphatic heterocycles. The van der Waals surface area contributed by atoms with Crippen molar-refractivity contribution in [1.29, 1.82) is 0 Å². The summed E-state index contributed by atoms with van der Waals surface area (Å²) in [6.45, 7) is 2.44. The Bertz CT molecular complexity index is 419. The number of nitrogens with two attached hydrogens (primary N) is 1. The first kappa shape index (κ1) is 14.3. The summed E-state index contributed by atoms with van der Waals surface area (Å²) in [6.07, 6.45) is 0.715. The Morgan fingerprint density at radius 1 is 1.56 bits per heavy atom. The molecule has 0 aliphatic rings. The minimum absolute atomic E-state index is 0.0409. The fourth-order valence-corrected chi connectivity index (χ4v) is 1.56. The number of carbonyl (C=O) groups is 1. The number of carbonyl (C=O) groups excluding carboxylic acids is 1. The van der Waals surface area contributed by atoms with Crippen LogP contribution in [-0.4, -0.2) is 42.7 Å². The summed E-state index contributed by atoms with van der Waals surface area (Å²) >= 11 is 0.